The third-order valence-electron chi connectivity index (χ3n) is 4.04. The molecular weight excluding hydrogens is 232 g/mol. The van der Waals surface area contributed by atoms with E-state index in [1.807, 2.05) is 0 Å². The number of ether oxygens (including phenoxy) is 2. The Kier molecular flexibility index (Phi) is 4.97. The monoisotopic (exact) mass is 256 g/mol. The number of methoxy groups -OCH3 is 1. The molecule has 104 valence electrons. The zero-order chi connectivity index (χ0) is 12.8. The van der Waals surface area contributed by atoms with Gasteiger partial charge in [-0.1, -0.05) is 0 Å². The summed E-state index contributed by atoms with van der Waals surface area (Å²) in [7, 11) is 1.67. The van der Waals surface area contributed by atoms with Crippen LogP contribution in [-0.4, -0.2) is 52.5 Å². The van der Waals surface area contributed by atoms with Gasteiger partial charge in [-0.05, 0) is 32.4 Å². The molecule has 2 aliphatic rings. The highest BCUT2D eigenvalue weighted by Gasteiger charge is 2.39. The fourth-order valence-electron chi connectivity index (χ4n) is 2.79. The standard InChI is InChI=1S/C13H24N2O3/c1-17-10-13(3-5-14-6-4-13)12(16)15-8-11-2-7-18-9-11/h11,14H,2-10H2,1H3,(H,15,16). The van der Waals surface area contributed by atoms with E-state index in [2.05, 4.69) is 10.6 Å². The molecule has 2 aliphatic heterocycles. The number of rotatable bonds is 5. The molecule has 5 heteroatoms. The fourth-order valence-corrected chi connectivity index (χ4v) is 2.79. The minimum atomic E-state index is -0.334. The molecule has 1 atom stereocenters. The first-order valence-electron chi connectivity index (χ1n) is 6.82. The number of carbonyl (C=O) groups is 1. The van der Waals surface area contributed by atoms with Crippen LogP contribution in [0.1, 0.15) is 19.3 Å². The zero-order valence-corrected chi connectivity index (χ0v) is 11.2. The van der Waals surface area contributed by atoms with E-state index in [1.165, 1.54) is 0 Å². The average molecular weight is 256 g/mol. The molecule has 0 radical (unpaired) electrons. The van der Waals surface area contributed by atoms with Gasteiger partial charge in [0.2, 0.25) is 5.91 Å². The minimum absolute atomic E-state index is 0.151. The van der Waals surface area contributed by atoms with Crippen molar-refractivity contribution in [2.75, 3.05) is 46.6 Å². The Labute approximate surface area is 109 Å². The summed E-state index contributed by atoms with van der Waals surface area (Å²) < 4.78 is 10.6. The summed E-state index contributed by atoms with van der Waals surface area (Å²) >= 11 is 0. The van der Waals surface area contributed by atoms with Gasteiger partial charge in [0.1, 0.15) is 0 Å². The van der Waals surface area contributed by atoms with Gasteiger partial charge >= 0.3 is 0 Å². The first-order chi connectivity index (χ1) is 8.77. The molecule has 1 amide bonds. The highest BCUT2D eigenvalue weighted by Crippen LogP contribution is 2.29. The van der Waals surface area contributed by atoms with Crippen molar-refractivity contribution in [3.63, 3.8) is 0 Å². The molecule has 1 unspecified atom stereocenters. The van der Waals surface area contributed by atoms with Gasteiger partial charge < -0.3 is 20.1 Å². The third-order valence-corrected chi connectivity index (χ3v) is 4.04. The molecule has 0 bridgehead atoms. The van der Waals surface area contributed by atoms with Gasteiger partial charge in [0.05, 0.1) is 18.6 Å². The molecule has 2 N–H and O–H groups in total. The Bertz CT molecular complexity index is 266. The Morgan fingerprint density at radius 3 is 2.89 bits per heavy atom. The highest BCUT2D eigenvalue weighted by molar-refractivity contribution is 5.83. The van der Waals surface area contributed by atoms with E-state index < -0.39 is 0 Å². The number of nitrogens with one attached hydrogen (secondary N) is 2. The second-order valence-corrected chi connectivity index (χ2v) is 5.40. The molecule has 0 spiro atoms. The predicted octanol–water partition coefficient (Wildman–Crippen LogP) is 0.155. The van der Waals surface area contributed by atoms with Crippen molar-refractivity contribution in [2.24, 2.45) is 11.3 Å². The topological polar surface area (TPSA) is 59.6 Å². The SMILES string of the molecule is COCC1(C(=O)NCC2CCOC2)CCNCC1. The van der Waals surface area contributed by atoms with Crippen LogP contribution in [0.2, 0.25) is 0 Å². The van der Waals surface area contributed by atoms with Crippen LogP contribution < -0.4 is 10.6 Å². The van der Waals surface area contributed by atoms with Crippen molar-refractivity contribution in [3.05, 3.63) is 0 Å². The maximum Gasteiger partial charge on any atom is 0.228 e. The quantitative estimate of drug-likeness (QED) is 0.735. The second kappa shape index (κ2) is 6.50. The molecule has 2 rings (SSSR count). The molecule has 0 aromatic heterocycles. The number of piperidine rings is 1. The summed E-state index contributed by atoms with van der Waals surface area (Å²) in [5, 5.41) is 6.39. The molecule has 0 aliphatic carbocycles. The van der Waals surface area contributed by atoms with Gasteiger partial charge in [-0.15, -0.1) is 0 Å². The lowest BCUT2D eigenvalue weighted by molar-refractivity contribution is -0.136. The predicted molar refractivity (Wildman–Crippen MR) is 68.3 cm³/mol. The molecule has 2 fully saturated rings. The molecule has 18 heavy (non-hydrogen) atoms. The van der Waals surface area contributed by atoms with Gasteiger partial charge in [0.15, 0.2) is 0 Å². The minimum Gasteiger partial charge on any atom is -0.384 e. The Morgan fingerprint density at radius 2 is 2.28 bits per heavy atom. The van der Waals surface area contributed by atoms with Crippen LogP contribution in [0.3, 0.4) is 0 Å². The molecular formula is C13H24N2O3. The number of hydrogen-bond acceptors (Lipinski definition) is 4. The van der Waals surface area contributed by atoms with Crippen molar-refractivity contribution in [3.8, 4) is 0 Å². The van der Waals surface area contributed by atoms with E-state index in [9.17, 15) is 4.79 Å². The number of hydrogen-bond donors (Lipinski definition) is 2. The van der Waals surface area contributed by atoms with Crippen LogP contribution in [0.4, 0.5) is 0 Å². The summed E-state index contributed by atoms with van der Waals surface area (Å²) in [4.78, 5) is 12.4. The normalized spacial score (nSPS) is 27.1. The lowest BCUT2D eigenvalue weighted by atomic mass is 9.78. The van der Waals surface area contributed by atoms with E-state index in [0.29, 0.717) is 12.5 Å². The van der Waals surface area contributed by atoms with Crippen LogP contribution in [0, 0.1) is 11.3 Å². The van der Waals surface area contributed by atoms with Crippen LogP contribution in [0.15, 0.2) is 0 Å². The molecule has 0 aromatic rings. The zero-order valence-electron chi connectivity index (χ0n) is 11.2. The maximum absolute atomic E-state index is 12.4. The van der Waals surface area contributed by atoms with E-state index in [-0.39, 0.29) is 11.3 Å². The molecule has 2 saturated heterocycles. The van der Waals surface area contributed by atoms with Crippen LogP contribution >= 0.6 is 0 Å². The lowest BCUT2D eigenvalue weighted by Crippen LogP contribution is -2.50. The van der Waals surface area contributed by atoms with Gasteiger partial charge in [0.25, 0.3) is 0 Å². The number of carbonyl (C=O) groups excluding carboxylic acids is 1. The van der Waals surface area contributed by atoms with Crippen LogP contribution in [0.25, 0.3) is 0 Å². The van der Waals surface area contributed by atoms with Crippen molar-refractivity contribution >= 4 is 5.91 Å². The summed E-state index contributed by atoms with van der Waals surface area (Å²) in [6.45, 7) is 4.64. The van der Waals surface area contributed by atoms with E-state index in [1.54, 1.807) is 7.11 Å². The smallest absolute Gasteiger partial charge is 0.228 e. The summed E-state index contributed by atoms with van der Waals surface area (Å²) in [6.07, 6.45) is 2.76. The van der Waals surface area contributed by atoms with Gasteiger partial charge in [-0.25, -0.2) is 0 Å². The van der Waals surface area contributed by atoms with E-state index in [4.69, 9.17) is 9.47 Å². The van der Waals surface area contributed by atoms with Gasteiger partial charge in [-0.2, -0.15) is 0 Å². The van der Waals surface area contributed by atoms with E-state index >= 15 is 0 Å². The Hall–Kier alpha value is -0.650. The largest absolute Gasteiger partial charge is 0.384 e. The first-order valence-corrected chi connectivity index (χ1v) is 6.82. The summed E-state index contributed by atoms with van der Waals surface area (Å²) in [5.74, 6) is 0.632. The molecule has 2 heterocycles. The molecule has 0 saturated carbocycles. The highest BCUT2D eigenvalue weighted by atomic mass is 16.5. The van der Waals surface area contributed by atoms with Crippen molar-refractivity contribution in [2.45, 2.75) is 19.3 Å². The average Bonchev–Trinajstić information content (AvgIpc) is 2.90. The van der Waals surface area contributed by atoms with Crippen molar-refractivity contribution in [1.82, 2.24) is 10.6 Å². The maximum atomic E-state index is 12.4. The van der Waals surface area contributed by atoms with Crippen molar-refractivity contribution in [1.29, 1.82) is 0 Å². The van der Waals surface area contributed by atoms with Crippen molar-refractivity contribution < 1.29 is 14.3 Å². The third kappa shape index (κ3) is 3.22. The summed E-state index contributed by atoms with van der Waals surface area (Å²) in [6, 6.07) is 0. The van der Waals surface area contributed by atoms with Gasteiger partial charge in [-0.3, -0.25) is 4.79 Å². The van der Waals surface area contributed by atoms with Crippen LogP contribution in [-0.2, 0) is 14.3 Å². The first kappa shape index (κ1) is 13.8. The Morgan fingerprint density at radius 1 is 1.50 bits per heavy atom. The molecule has 5 nitrogen and oxygen atoms in total. The number of amides is 1. The molecule has 0 aromatic carbocycles. The Balaban J connectivity index is 1.86. The fraction of sp³-hybridized carbons (Fsp3) is 0.923. The van der Waals surface area contributed by atoms with E-state index in [0.717, 1.165) is 52.1 Å². The van der Waals surface area contributed by atoms with Crippen LogP contribution in [0.5, 0.6) is 0 Å². The van der Waals surface area contributed by atoms with Gasteiger partial charge in [0, 0.05) is 26.2 Å². The lowest BCUT2D eigenvalue weighted by Gasteiger charge is -2.35. The summed E-state index contributed by atoms with van der Waals surface area (Å²) in [5.41, 5.74) is -0.334. The second-order valence-electron chi connectivity index (χ2n) is 5.40.